The average Bonchev–Trinajstić information content (AvgIpc) is 2.81. The van der Waals surface area contributed by atoms with Gasteiger partial charge in [0.05, 0.1) is 5.69 Å². The summed E-state index contributed by atoms with van der Waals surface area (Å²) in [4.78, 5) is 23.9. The zero-order chi connectivity index (χ0) is 14.7. The molecule has 0 radical (unpaired) electrons. The van der Waals surface area contributed by atoms with Crippen LogP contribution in [0.4, 0.5) is 0 Å². The van der Waals surface area contributed by atoms with Crippen molar-refractivity contribution < 1.29 is 4.79 Å². The third-order valence-electron chi connectivity index (χ3n) is 3.20. The summed E-state index contributed by atoms with van der Waals surface area (Å²) >= 11 is 0. The lowest BCUT2D eigenvalue weighted by Gasteiger charge is -2.06. The Balaban J connectivity index is 2.31. The number of hydrogen-bond acceptors (Lipinski definition) is 3. The van der Waals surface area contributed by atoms with E-state index in [1.54, 1.807) is 45.8 Å². The number of Topliss-reactive ketones (excluding diaryl/α,β-unsaturated/α-hetero) is 1. The predicted octanol–water partition coefficient (Wildman–Crippen LogP) is 1.75. The number of rotatable bonds is 5. The van der Waals surface area contributed by atoms with Crippen LogP contribution in [0.25, 0.3) is 5.69 Å². The van der Waals surface area contributed by atoms with Crippen molar-refractivity contribution in [2.45, 2.75) is 26.3 Å². The van der Waals surface area contributed by atoms with Gasteiger partial charge in [0.1, 0.15) is 0 Å². The number of hydrogen-bond donors (Lipinski definition) is 1. The Morgan fingerprint density at radius 3 is 2.35 bits per heavy atom. The molecule has 2 aromatic rings. The monoisotopic (exact) mass is 273 g/mol. The van der Waals surface area contributed by atoms with E-state index in [2.05, 4.69) is 0 Å². The standard InChI is InChI=1S/C15H19N3O2/c1-11(2)17-9-10-18(15(17)20)13-5-3-12(4-6-13)14(19)7-8-16/h3-6,9-11H,7-8,16H2,1-2H3. The van der Waals surface area contributed by atoms with E-state index in [1.807, 2.05) is 13.8 Å². The van der Waals surface area contributed by atoms with E-state index in [1.165, 1.54) is 0 Å². The fourth-order valence-electron chi connectivity index (χ4n) is 2.06. The molecule has 1 aromatic carbocycles. The largest absolute Gasteiger partial charge is 0.332 e. The lowest BCUT2D eigenvalue weighted by molar-refractivity contribution is 0.0985. The molecule has 1 aromatic heterocycles. The number of aromatic nitrogens is 2. The molecule has 2 rings (SSSR count). The number of imidazole rings is 1. The Kier molecular flexibility index (Phi) is 4.20. The highest BCUT2D eigenvalue weighted by Crippen LogP contribution is 2.10. The van der Waals surface area contributed by atoms with Gasteiger partial charge in [-0.2, -0.15) is 0 Å². The third-order valence-corrected chi connectivity index (χ3v) is 3.20. The van der Waals surface area contributed by atoms with Crippen LogP contribution in [0.2, 0.25) is 0 Å². The Bertz CT molecular complexity index is 651. The van der Waals surface area contributed by atoms with E-state index in [-0.39, 0.29) is 17.5 Å². The van der Waals surface area contributed by atoms with Gasteiger partial charge in [0.2, 0.25) is 0 Å². The van der Waals surface area contributed by atoms with E-state index < -0.39 is 0 Å². The molecule has 0 saturated carbocycles. The molecule has 0 aliphatic rings. The molecule has 0 saturated heterocycles. The summed E-state index contributed by atoms with van der Waals surface area (Å²) in [6, 6.07) is 7.12. The predicted molar refractivity (Wildman–Crippen MR) is 78.4 cm³/mol. The molecule has 0 aliphatic heterocycles. The van der Waals surface area contributed by atoms with Crippen LogP contribution in [0.3, 0.4) is 0 Å². The van der Waals surface area contributed by atoms with Gasteiger partial charge in [-0.05, 0) is 44.7 Å². The van der Waals surface area contributed by atoms with Gasteiger partial charge in [-0.15, -0.1) is 0 Å². The summed E-state index contributed by atoms with van der Waals surface area (Å²) in [6.07, 6.45) is 3.84. The molecule has 1 heterocycles. The van der Waals surface area contributed by atoms with Gasteiger partial charge >= 0.3 is 5.69 Å². The first-order valence-corrected chi connectivity index (χ1v) is 6.67. The third kappa shape index (κ3) is 2.72. The molecule has 0 amide bonds. The second kappa shape index (κ2) is 5.88. The minimum atomic E-state index is -0.0824. The summed E-state index contributed by atoms with van der Waals surface area (Å²) in [5.41, 5.74) is 6.66. The molecule has 0 unspecified atom stereocenters. The molecule has 20 heavy (non-hydrogen) atoms. The van der Waals surface area contributed by atoms with Crippen LogP contribution >= 0.6 is 0 Å². The molecular formula is C15H19N3O2. The molecule has 0 fully saturated rings. The first-order valence-electron chi connectivity index (χ1n) is 6.67. The van der Waals surface area contributed by atoms with Crippen LogP contribution in [0, 0.1) is 0 Å². The Morgan fingerprint density at radius 1 is 1.20 bits per heavy atom. The minimum Gasteiger partial charge on any atom is -0.330 e. The number of carbonyl (C=O) groups excluding carboxylic acids is 1. The second-order valence-electron chi connectivity index (χ2n) is 4.96. The van der Waals surface area contributed by atoms with Gasteiger partial charge in [0.15, 0.2) is 5.78 Å². The Labute approximate surface area is 117 Å². The molecule has 0 bridgehead atoms. The van der Waals surface area contributed by atoms with Crippen molar-refractivity contribution in [3.05, 3.63) is 52.7 Å². The summed E-state index contributed by atoms with van der Waals surface area (Å²) < 4.78 is 3.23. The van der Waals surface area contributed by atoms with E-state index in [0.29, 0.717) is 18.5 Å². The van der Waals surface area contributed by atoms with Crippen LogP contribution < -0.4 is 11.4 Å². The van der Waals surface area contributed by atoms with Crippen LogP contribution in [0.15, 0.2) is 41.5 Å². The van der Waals surface area contributed by atoms with Gasteiger partial charge < -0.3 is 5.73 Å². The normalized spacial score (nSPS) is 11.0. The fraction of sp³-hybridized carbons (Fsp3) is 0.333. The maximum absolute atomic E-state index is 12.2. The molecular weight excluding hydrogens is 254 g/mol. The SMILES string of the molecule is CC(C)n1ccn(-c2ccc(C(=O)CCN)cc2)c1=O. The van der Waals surface area contributed by atoms with Crippen molar-refractivity contribution in [3.63, 3.8) is 0 Å². The summed E-state index contributed by atoms with van der Waals surface area (Å²) in [7, 11) is 0. The van der Waals surface area contributed by atoms with Gasteiger partial charge in [0, 0.05) is 30.4 Å². The molecule has 106 valence electrons. The van der Waals surface area contributed by atoms with Gasteiger partial charge in [0.25, 0.3) is 0 Å². The highest BCUT2D eigenvalue weighted by molar-refractivity contribution is 5.96. The Morgan fingerprint density at radius 2 is 1.85 bits per heavy atom. The number of nitrogens with two attached hydrogens (primary N) is 1. The highest BCUT2D eigenvalue weighted by atomic mass is 16.1. The van der Waals surface area contributed by atoms with Crippen LogP contribution in [0.5, 0.6) is 0 Å². The lowest BCUT2D eigenvalue weighted by atomic mass is 10.1. The summed E-state index contributed by atoms with van der Waals surface area (Å²) in [5.74, 6) is 0.0196. The first-order chi connectivity index (χ1) is 9.54. The van der Waals surface area contributed by atoms with Crippen molar-refractivity contribution in [2.24, 2.45) is 5.73 Å². The van der Waals surface area contributed by atoms with Crippen molar-refractivity contribution in [3.8, 4) is 5.69 Å². The maximum Gasteiger partial charge on any atom is 0.332 e. The van der Waals surface area contributed by atoms with E-state index >= 15 is 0 Å². The van der Waals surface area contributed by atoms with Crippen LogP contribution in [0.1, 0.15) is 36.7 Å². The molecule has 5 heteroatoms. The van der Waals surface area contributed by atoms with E-state index in [0.717, 1.165) is 5.69 Å². The molecule has 2 N–H and O–H groups in total. The maximum atomic E-state index is 12.2. The van der Waals surface area contributed by atoms with E-state index in [9.17, 15) is 9.59 Å². The lowest BCUT2D eigenvalue weighted by Crippen LogP contribution is -2.24. The second-order valence-corrected chi connectivity index (χ2v) is 4.96. The van der Waals surface area contributed by atoms with Crippen LogP contribution in [-0.4, -0.2) is 21.5 Å². The summed E-state index contributed by atoms with van der Waals surface area (Å²) in [6.45, 7) is 4.26. The number of nitrogens with zero attached hydrogens (tertiary/aromatic N) is 2. The molecule has 0 spiro atoms. The van der Waals surface area contributed by atoms with Crippen LogP contribution in [-0.2, 0) is 0 Å². The molecule has 5 nitrogen and oxygen atoms in total. The first kappa shape index (κ1) is 14.3. The molecule has 0 aliphatic carbocycles. The van der Waals surface area contributed by atoms with Gasteiger partial charge in [-0.1, -0.05) is 0 Å². The highest BCUT2D eigenvalue weighted by Gasteiger charge is 2.09. The van der Waals surface area contributed by atoms with Crippen molar-refractivity contribution >= 4 is 5.78 Å². The smallest absolute Gasteiger partial charge is 0.330 e. The van der Waals surface area contributed by atoms with Crippen molar-refractivity contribution in [1.82, 2.24) is 9.13 Å². The Hall–Kier alpha value is -2.14. The number of ketones is 1. The van der Waals surface area contributed by atoms with Crippen molar-refractivity contribution in [1.29, 1.82) is 0 Å². The zero-order valence-electron chi connectivity index (χ0n) is 11.7. The topological polar surface area (TPSA) is 70.0 Å². The molecule has 0 atom stereocenters. The number of benzene rings is 1. The number of carbonyl (C=O) groups is 1. The quantitative estimate of drug-likeness (QED) is 0.844. The van der Waals surface area contributed by atoms with Gasteiger partial charge in [-0.3, -0.25) is 13.9 Å². The fourth-order valence-corrected chi connectivity index (χ4v) is 2.06. The average molecular weight is 273 g/mol. The van der Waals surface area contributed by atoms with E-state index in [4.69, 9.17) is 5.73 Å². The summed E-state index contributed by atoms with van der Waals surface area (Å²) in [5, 5.41) is 0. The zero-order valence-corrected chi connectivity index (χ0v) is 11.7. The van der Waals surface area contributed by atoms with Gasteiger partial charge in [-0.25, -0.2) is 4.79 Å². The minimum absolute atomic E-state index is 0.0196. The van der Waals surface area contributed by atoms with Crippen molar-refractivity contribution in [2.75, 3.05) is 6.54 Å².